The van der Waals surface area contributed by atoms with E-state index < -0.39 is 0 Å². The Morgan fingerprint density at radius 3 is 1.61 bits per heavy atom. The Hall–Kier alpha value is -1.52. The SMILES string of the molecule is c1cc2c3cc1OCCCSSCCCOc1ccc4c(c1)/C(=C\3CC2)CC4. The van der Waals surface area contributed by atoms with Gasteiger partial charge in [0.1, 0.15) is 11.5 Å². The van der Waals surface area contributed by atoms with Crippen molar-refractivity contribution in [3.05, 3.63) is 58.7 Å². The van der Waals surface area contributed by atoms with Crippen molar-refractivity contribution in [1.29, 1.82) is 0 Å². The van der Waals surface area contributed by atoms with E-state index in [-0.39, 0.29) is 0 Å². The van der Waals surface area contributed by atoms with Crippen molar-refractivity contribution in [3.63, 3.8) is 0 Å². The molecule has 4 bridgehead atoms. The van der Waals surface area contributed by atoms with Crippen molar-refractivity contribution in [2.45, 2.75) is 38.5 Å². The normalized spacial score (nSPS) is 22.1. The average molecular weight is 411 g/mol. The third-order valence-corrected chi connectivity index (χ3v) is 8.41. The first-order valence-corrected chi connectivity index (χ1v) is 12.9. The van der Waals surface area contributed by atoms with E-state index in [1.807, 2.05) is 21.6 Å². The summed E-state index contributed by atoms with van der Waals surface area (Å²) in [6, 6.07) is 13.4. The minimum atomic E-state index is 0.799. The summed E-state index contributed by atoms with van der Waals surface area (Å²) in [6.07, 6.45) is 6.76. The maximum Gasteiger partial charge on any atom is 0.119 e. The Labute approximate surface area is 175 Å². The molecule has 0 aromatic heterocycles. The molecule has 28 heavy (non-hydrogen) atoms. The van der Waals surface area contributed by atoms with Gasteiger partial charge < -0.3 is 9.47 Å². The first-order chi connectivity index (χ1) is 13.9. The number of ether oxygens (including phenoxy) is 2. The van der Waals surface area contributed by atoms with Gasteiger partial charge in [-0.25, -0.2) is 0 Å². The number of hydrogen-bond donors (Lipinski definition) is 0. The molecule has 2 nitrogen and oxygen atoms in total. The molecule has 0 saturated carbocycles. The molecule has 1 aliphatic heterocycles. The highest BCUT2D eigenvalue weighted by atomic mass is 33.1. The third kappa shape index (κ3) is 3.81. The van der Waals surface area contributed by atoms with Crippen LogP contribution in [0.4, 0.5) is 0 Å². The summed E-state index contributed by atoms with van der Waals surface area (Å²) in [7, 11) is 3.90. The van der Waals surface area contributed by atoms with E-state index in [0.717, 1.165) is 74.7 Å². The summed E-state index contributed by atoms with van der Waals surface area (Å²) in [4.78, 5) is 0. The topological polar surface area (TPSA) is 18.5 Å². The maximum atomic E-state index is 6.08. The van der Waals surface area contributed by atoms with Crippen LogP contribution < -0.4 is 9.47 Å². The Bertz CT molecular complexity index is 830. The molecular formula is C24H26O2S2. The fourth-order valence-electron chi connectivity index (χ4n) is 4.44. The monoisotopic (exact) mass is 410 g/mol. The molecule has 0 spiro atoms. The second-order valence-electron chi connectivity index (χ2n) is 7.64. The van der Waals surface area contributed by atoms with Gasteiger partial charge in [-0.15, -0.1) is 0 Å². The molecule has 3 aliphatic rings. The van der Waals surface area contributed by atoms with E-state index in [2.05, 4.69) is 36.4 Å². The van der Waals surface area contributed by atoms with Crippen LogP contribution in [-0.2, 0) is 12.8 Å². The zero-order valence-electron chi connectivity index (χ0n) is 16.2. The molecule has 5 rings (SSSR count). The van der Waals surface area contributed by atoms with Gasteiger partial charge in [-0.1, -0.05) is 33.7 Å². The molecule has 2 aliphatic carbocycles. The first-order valence-electron chi connectivity index (χ1n) is 10.4. The quantitative estimate of drug-likeness (QED) is 0.466. The van der Waals surface area contributed by atoms with E-state index >= 15 is 0 Å². The highest BCUT2D eigenvalue weighted by Crippen LogP contribution is 2.45. The minimum Gasteiger partial charge on any atom is -0.494 e. The number of allylic oxidation sites excluding steroid dienone is 2. The van der Waals surface area contributed by atoms with E-state index in [4.69, 9.17) is 9.47 Å². The summed E-state index contributed by atoms with van der Waals surface area (Å²) in [5.74, 6) is 4.31. The van der Waals surface area contributed by atoms with Crippen molar-refractivity contribution in [3.8, 4) is 11.5 Å². The zero-order valence-corrected chi connectivity index (χ0v) is 17.8. The van der Waals surface area contributed by atoms with Gasteiger partial charge in [-0.05, 0) is 96.2 Å². The third-order valence-electron chi connectivity index (χ3n) is 5.83. The van der Waals surface area contributed by atoms with E-state index in [1.54, 1.807) is 0 Å². The number of benzene rings is 2. The molecule has 146 valence electrons. The van der Waals surface area contributed by atoms with Crippen LogP contribution in [0.3, 0.4) is 0 Å². The first kappa shape index (κ1) is 18.5. The second kappa shape index (κ2) is 8.46. The lowest BCUT2D eigenvalue weighted by molar-refractivity contribution is 0.318. The molecule has 1 heterocycles. The molecule has 0 amide bonds. The molecule has 2 aromatic carbocycles. The van der Waals surface area contributed by atoms with E-state index in [9.17, 15) is 0 Å². The highest BCUT2D eigenvalue weighted by molar-refractivity contribution is 8.76. The van der Waals surface area contributed by atoms with Gasteiger partial charge in [0.05, 0.1) is 13.2 Å². The number of fused-ring (bicyclic) bond motifs is 2. The van der Waals surface area contributed by atoms with E-state index in [1.165, 1.54) is 33.4 Å². The van der Waals surface area contributed by atoms with Gasteiger partial charge in [0.15, 0.2) is 0 Å². The average Bonchev–Trinajstić information content (AvgIpc) is 3.31. The highest BCUT2D eigenvalue weighted by Gasteiger charge is 2.26. The standard InChI is InChI=1S/C24H26O2S2/c1-11-25-19-7-3-17-5-9-21(23(17)15-19)22-10-6-18-4-8-20(16-24(18)22)26-12-2-14-28-27-13-1/h3-4,7-8,15-16H,1-2,5-6,9-14H2/b22-21-. The fourth-order valence-corrected chi connectivity index (χ4v) is 6.56. The number of aryl methyl sites for hydroxylation is 2. The molecule has 0 unspecified atom stereocenters. The summed E-state index contributed by atoms with van der Waals surface area (Å²) < 4.78 is 12.2. The molecule has 4 heteroatoms. The Balaban J connectivity index is 1.52. The molecule has 0 fully saturated rings. The van der Waals surface area contributed by atoms with Crippen LogP contribution in [-0.4, -0.2) is 24.7 Å². The summed E-state index contributed by atoms with van der Waals surface area (Å²) >= 11 is 0. The number of hydrogen-bond acceptors (Lipinski definition) is 4. The van der Waals surface area contributed by atoms with Crippen LogP contribution in [0.25, 0.3) is 11.1 Å². The summed E-state index contributed by atoms with van der Waals surface area (Å²) in [5, 5.41) is 0. The van der Waals surface area contributed by atoms with Crippen LogP contribution in [0.2, 0.25) is 0 Å². The van der Waals surface area contributed by atoms with Crippen molar-refractivity contribution >= 4 is 32.7 Å². The minimum absolute atomic E-state index is 0.799. The van der Waals surface area contributed by atoms with Crippen LogP contribution in [0.1, 0.15) is 47.9 Å². The molecule has 0 atom stereocenters. The van der Waals surface area contributed by atoms with Crippen molar-refractivity contribution in [2.24, 2.45) is 0 Å². The fraction of sp³-hybridized carbons (Fsp3) is 0.417. The molecule has 0 saturated heterocycles. The van der Waals surface area contributed by atoms with Crippen molar-refractivity contribution < 1.29 is 9.47 Å². The van der Waals surface area contributed by atoms with E-state index in [0.29, 0.717) is 0 Å². The van der Waals surface area contributed by atoms with Crippen molar-refractivity contribution in [1.82, 2.24) is 0 Å². The van der Waals surface area contributed by atoms with Gasteiger partial charge >= 0.3 is 0 Å². The smallest absolute Gasteiger partial charge is 0.119 e. The van der Waals surface area contributed by atoms with Crippen LogP contribution in [0, 0.1) is 0 Å². The lowest BCUT2D eigenvalue weighted by Gasteiger charge is -2.13. The second-order valence-corrected chi connectivity index (χ2v) is 10.3. The lowest BCUT2D eigenvalue weighted by atomic mass is 9.97. The molecule has 0 radical (unpaired) electrons. The molecular weight excluding hydrogens is 384 g/mol. The summed E-state index contributed by atoms with van der Waals surface area (Å²) in [6.45, 7) is 1.60. The van der Waals surface area contributed by atoms with Gasteiger partial charge in [0.25, 0.3) is 0 Å². The zero-order chi connectivity index (χ0) is 18.8. The van der Waals surface area contributed by atoms with Crippen molar-refractivity contribution in [2.75, 3.05) is 24.7 Å². The maximum absolute atomic E-state index is 6.08. The number of rotatable bonds is 0. The Kier molecular flexibility index (Phi) is 5.59. The van der Waals surface area contributed by atoms with Crippen LogP contribution in [0.15, 0.2) is 36.4 Å². The Morgan fingerprint density at radius 1 is 0.607 bits per heavy atom. The predicted octanol–water partition coefficient (Wildman–Crippen LogP) is 6.42. The van der Waals surface area contributed by atoms with Gasteiger partial charge in [-0.2, -0.15) is 0 Å². The van der Waals surface area contributed by atoms with Crippen LogP contribution in [0.5, 0.6) is 11.5 Å². The lowest BCUT2D eigenvalue weighted by Crippen LogP contribution is -2.00. The Morgan fingerprint density at radius 2 is 1.11 bits per heavy atom. The van der Waals surface area contributed by atoms with Gasteiger partial charge in [0, 0.05) is 11.5 Å². The summed E-state index contributed by atoms with van der Waals surface area (Å²) in [5.41, 5.74) is 8.83. The largest absolute Gasteiger partial charge is 0.494 e. The van der Waals surface area contributed by atoms with Gasteiger partial charge in [0.2, 0.25) is 0 Å². The predicted molar refractivity (Wildman–Crippen MR) is 121 cm³/mol. The van der Waals surface area contributed by atoms with Gasteiger partial charge in [-0.3, -0.25) is 0 Å². The molecule has 0 N–H and O–H groups in total. The molecule has 2 aromatic rings. The van der Waals surface area contributed by atoms with Crippen LogP contribution >= 0.6 is 21.6 Å².